The number of sulfonamides is 1. The monoisotopic (exact) mass is 283 g/mol. The van der Waals surface area contributed by atoms with Gasteiger partial charge in [-0.3, -0.25) is 0 Å². The van der Waals surface area contributed by atoms with Crippen LogP contribution in [-0.4, -0.2) is 25.0 Å². The van der Waals surface area contributed by atoms with Crippen molar-refractivity contribution >= 4 is 26.0 Å². The van der Waals surface area contributed by atoms with Gasteiger partial charge in [-0.1, -0.05) is 36.2 Å². The van der Waals surface area contributed by atoms with Crippen molar-refractivity contribution < 1.29 is 8.42 Å². The van der Waals surface area contributed by atoms with Crippen LogP contribution >= 0.6 is 15.9 Å². The van der Waals surface area contributed by atoms with Crippen LogP contribution in [0.5, 0.6) is 0 Å². The van der Waals surface area contributed by atoms with E-state index >= 15 is 0 Å². The van der Waals surface area contributed by atoms with Gasteiger partial charge in [0.05, 0.1) is 5.75 Å². The van der Waals surface area contributed by atoms with Gasteiger partial charge in [0.1, 0.15) is 0 Å². The first kappa shape index (κ1) is 12.5. The van der Waals surface area contributed by atoms with Gasteiger partial charge in [-0.25, -0.2) is 13.1 Å². The molecule has 0 radical (unpaired) electrons. The van der Waals surface area contributed by atoms with Gasteiger partial charge in [0.2, 0.25) is 10.0 Å². The molecule has 1 N–H and O–H groups in total. The van der Waals surface area contributed by atoms with E-state index in [1.165, 1.54) is 0 Å². The molecule has 0 heterocycles. The zero-order valence-electron chi connectivity index (χ0n) is 8.66. The molecule has 1 aliphatic rings. The Bertz CT molecular complexity index is 277. The minimum Gasteiger partial charge on any atom is -0.212 e. The minimum atomic E-state index is -3.08. The molecule has 1 fully saturated rings. The highest BCUT2D eigenvalue weighted by Gasteiger charge is 2.28. The zero-order valence-corrected chi connectivity index (χ0v) is 11.1. The predicted molar refractivity (Wildman–Crippen MR) is 62.1 cm³/mol. The van der Waals surface area contributed by atoms with Crippen molar-refractivity contribution in [3.05, 3.63) is 0 Å². The molecule has 1 rings (SSSR count). The molecule has 2 unspecified atom stereocenters. The van der Waals surface area contributed by atoms with E-state index in [0.717, 1.165) is 19.3 Å². The van der Waals surface area contributed by atoms with Gasteiger partial charge in [-0.2, -0.15) is 0 Å². The van der Waals surface area contributed by atoms with Crippen molar-refractivity contribution in [3.8, 4) is 0 Å². The number of alkyl halides is 1. The third kappa shape index (κ3) is 3.87. The lowest BCUT2D eigenvalue weighted by atomic mass is 10.3. The summed E-state index contributed by atoms with van der Waals surface area (Å²) in [5, 5.41) is 0. The number of nitrogens with one attached hydrogen (secondary N) is 1. The smallest absolute Gasteiger partial charge is 0.212 e. The van der Waals surface area contributed by atoms with Crippen molar-refractivity contribution in [3.63, 3.8) is 0 Å². The molecule has 0 aromatic rings. The quantitative estimate of drug-likeness (QED) is 0.801. The number of hydrogen-bond acceptors (Lipinski definition) is 2. The van der Waals surface area contributed by atoms with Gasteiger partial charge < -0.3 is 0 Å². The highest BCUT2D eigenvalue weighted by molar-refractivity contribution is 9.09. The first-order chi connectivity index (χ1) is 6.41. The number of rotatable bonds is 4. The average molecular weight is 284 g/mol. The summed E-state index contributed by atoms with van der Waals surface area (Å²) in [7, 11) is -3.08. The maximum Gasteiger partial charge on any atom is 0.212 e. The molecule has 0 aromatic heterocycles. The van der Waals surface area contributed by atoms with Crippen LogP contribution in [-0.2, 0) is 10.0 Å². The summed E-state index contributed by atoms with van der Waals surface area (Å²) in [6.45, 7) is 3.83. The fourth-order valence-electron chi connectivity index (χ4n) is 1.77. The summed E-state index contributed by atoms with van der Waals surface area (Å²) in [5.41, 5.74) is 0. The second-order valence-electron chi connectivity index (χ2n) is 4.35. The molecular formula is C9H18BrNO2S. The van der Waals surface area contributed by atoms with Crippen LogP contribution < -0.4 is 4.72 Å². The standard InChI is InChI=1S/C9H18BrNO2S/c1-7(2)6-14(12,13)11-9-5-3-4-8(9)10/h7-9,11H,3-6H2,1-2H3. The van der Waals surface area contributed by atoms with E-state index in [2.05, 4.69) is 20.7 Å². The Hall–Kier alpha value is 0.390. The van der Waals surface area contributed by atoms with Crippen LogP contribution in [0.15, 0.2) is 0 Å². The molecular weight excluding hydrogens is 266 g/mol. The van der Waals surface area contributed by atoms with Crippen LogP contribution in [0.25, 0.3) is 0 Å². The zero-order chi connectivity index (χ0) is 10.8. The van der Waals surface area contributed by atoms with E-state index in [1.54, 1.807) is 0 Å². The number of halogens is 1. The lowest BCUT2D eigenvalue weighted by molar-refractivity contribution is 0.545. The summed E-state index contributed by atoms with van der Waals surface area (Å²) in [4.78, 5) is 0.310. The van der Waals surface area contributed by atoms with Gasteiger partial charge >= 0.3 is 0 Å². The highest BCUT2D eigenvalue weighted by atomic mass is 79.9. The van der Waals surface area contributed by atoms with E-state index in [0.29, 0.717) is 4.83 Å². The Morgan fingerprint density at radius 1 is 1.43 bits per heavy atom. The van der Waals surface area contributed by atoms with Crippen LogP contribution in [0.3, 0.4) is 0 Å². The SMILES string of the molecule is CC(C)CS(=O)(=O)NC1CCCC1Br. The van der Waals surface area contributed by atoms with Gasteiger partial charge in [0.15, 0.2) is 0 Å². The van der Waals surface area contributed by atoms with E-state index in [1.807, 2.05) is 13.8 Å². The third-order valence-electron chi connectivity index (χ3n) is 2.32. The van der Waals surface area contributed by atoms with Crippen LogP contribution in [0, 0.1) is 5.92 Å². The predicted octanol–water partition coefficient (Wildman–Crippen LogP) is 1.88. The summed E-state index contributed by atoms with van der Waals surface area (Å²) in [5.74, 6) is 0.408. The van der Waals surface area contributed by atoms with Crippen LogP contribution in [0.4, 0.5) is 0 Å². The maximum absolute atomic E-state index is 11.6. The van der Waals surface area contributed by atoms with Gasteiger partial charge in [-0.15, -0.1) is 0 Å². The lowest BCUT2D eigenvalue weighted by Crippen LogP contribution is -2.39. The normalized spacial score (nSPS) is 28.6. The fraction of sp³-hybridized carbons (Fsp3) is 1.00. The first-order valence-corrected chi connectivity index (χ1v) is 7.61. The fourth-order valence-corrected chi connectivity index (χ4v) is 4.38. The molecule has 0 aromatic carbocycles. The maximum atomic E-state index is 11.6. The largest absolute Gasteiger partial charge is 0.212 e. The Labute approximate surface area is 94.8 Å². The second-order valence-corrected chi connectivity index (χ2v) is 7.32. The summed E-state index contributed by atoms with van der Waals surface area (Å²) < 4.78 is 26.0. The van der Waals surface area contributed by atoms with E-state index in [-0.39, 0.29) is 17.7 Å². The van der Waals surface area contributed by atoms with Crippen LogP contribution in [0.1, 0.15) is 33.1 Å². The average Bonchev–Trinajstić information content (AvgIpc) is 2.32. The van der Waals surface area contributed by atoms with E-state index in [9.17, 15) is 8.42 Å². The highest BCUT2D eigenvalue weighted by Crippen LogP contribution is 2.26. The molecule has 0 aliphatic heterocycles. The molecule has 0 spiro atoms. The van der Waals surface area contributed by atoms with Crippen molar-refractivity contribution in [2.45, 2.75) is 44.0 Å². The third-order valence-corrected chi connectivity index (χ3v) is 5.18. The molecule has 1 aliphatic carbocycles. The molecule has 2 atom stereocenters. The summed E-state index contributed by atoms with van der Waals surface area (Å²) >= 11 is 3.50. The van der Waals surface area contributed by atoms with E-state index < -0.39 is 10.0 Å². The van der Waals surface area contributed by atoms with Gasteiger partial charge in [-0.05, 0) is 18.8 Å². The Kier molecular flexibility index (Phi) is 4.40. The van der Waals surface area contributed by atoms with Crippen molar-refractivity contribution in [1.29, 1.82) is 0 Å². The first-order valence-electron chi connectivity index (χ1n) is 5.05. The summed E-state index contributed by atoms with van der Waals surface area (Å²) in [6.07, 6.45) is 3.12. The lowest BCUT2D eigenvalue weighted by Gasteiger charge is -2.17. The van der Waals surface area contributed by atoms with Gasteiger partial charge in [0, 0.05) is 10.9 Å². The van der Waals surface area contributed by atoms with E-state index in [4.69, 9.17) is 0 Å². The van der Waals surface area contributed by atoms with Crippen LogP contribution in [0.2, 0.25) is 0 Å². The molecule has 5 heteroatoms. The molecule has 0 amide bonds. The molecule has 1 saturated carbocycles. The van der Waals surface area contributed by atoms with Crippen molar-refractivity contribution in [2.24, 2.45) is 5.92 Å². The second kappa shape index (κ2) is 4.94. The van der Waals surface area contributed by atoms with Gasteiger partial charge in [0.25, 0.3) is 0 Å². The molecule has 84 valence electrons. The molecule has 3 nitrogen and oxygen atoms in total. The Morgan fingerprint density at radius 3 is 2.50 bits per heavy atom. The van der Waals surface area contributed by atoms with Crippen molar-refractivity contribution in [2.75, 3.05) is 5.75 Å². The molecule has 14 heavy (non-hydrogen) atoms. The molecule has 0 bridgehead atoms. The topological polar surface area (TPSA) is 46.2 Å². The van der Waals surface area contributed by atoms with Crippen molar-refractivity contribution in [1.82, 2.24) is 4.72 Å². The Morgan fingerprint density at radius 2 is 2.07 bits per heavy atom. The number of hydrogen-bond donors (Lipinski definition) is 1. The molecule has 0 saturated heterocycles. The Balaban J connectivity index is 2.50. The minimum absolute atomic E-state index is 0.0961. The summed E-state index contributed by atoms with van der Waals surface area (Å²) in [6, 6.07) is 0.0961.